The van der Waals surface area contributed by atoms with Crippen LogP contribution in [-0.4, -0.2) is 11.5 Å². The number of rotatable bonds is 0. The van der Waals surface area contributed by atoms with Crippen LogP contribution in [0.4, 0.5) is 0 Å². The van der Waals surface area contributed by atoms with Gasteiger partial charge in [-0.1, -0.05) is 36.1 Å². The smallest absolute Gasteiger partial charge is 0.0555 e. The quantitative estimate of drug-likeness (QED) is 0.628. The van der Waals surface area contributed by atoms with Gasteiger partial charge in [-0.25, -0.2) is 0 Å². The SMILES string of the molecule is NCC#Cc1cncc2ccccc12. The first-order valence-corrected chi connectivity index (χ1v) is 4.43. The summed E-state index contributed by atoms with van der Waals surface area (Å²) in [5, 5.41) is 2.24. The van der Waals surface area contributed by atoms with E-state index < -0.39 is 0 Å². The van der Waals surface area contributed by atoms with Crippen molar-refractivity contribution in [2.75, 3.05) is 6.54 Å². The molecule has 0 unspecified atom stereocenters. The zero-order valence-electron chi connectivity index (χ0n) is 7.70. The number of aromatic nitrogens is 1. The van der Waals surface area contributed by atoms with Gasteiger partial charge >= 0.3 is 0 Å². The molecule has 1 aromatic carbocycles. The fourth-order valence-electron chi connectivity index (χ4n) is 1.36. The second-order valence-electron chi connectivity index (χ2n) is 2.91. The molecule has 2 rings (SSSR count). The molecule has 2 heteroatoms. The lowest BCUT2D eigenvalue weighted by molar-refractivity contribution is 1.30. The van der Waals surface area contributed by atoms with Crippen molar-refractivity contribution < 1.29 is 0 Å². The van der Waals surface area contributed by atoms with Gasteiger partial charge in [-0.15, -0.1) is 0 Å². The normalized spacial score (nSPS) is 9.50. The van der Waals surface area contributed by atoms with E-state index in [0.29, 0.717) is 6.54 Å². The summed E-state index contributed by atoms with van der Waals surface area (Å²) in [6, 6.07) is 8.05. The number of hydrogen-bond acceptors (Lipinski definition) is 2. The van der Waals surface area contributed by atoms with Gasteiger partial charge in [0.15, 0.2) is 0 Å². The van der Waals surface area contributed by atoms with Crippen molar-refractivity contribution in [1.29, 1.82) is 0 Å². The molecule has 0 aliphatic heterocycles. The van der Waals surface area contributed by atoms with Crippen molar-refractivity contribution in [1.82, 2.24) is 4.98 Å². The molecule has 14 heavy (non-hydrogen) atoms. The Bertz CT molecular complexity index is 501. The van der Waals surface area contributed by atoms with E-state index in [1.807, 2.05) is 30.5 Å². The maximum Gasteiger partial charge on any atom is 0.0555 e. The van der Waals surface area contributed by atoms with Crippen molar-refractivity contribution in [3.8, 4) is 11.8 Å². The van der Waals surface area contributed by atoms with Crippen LogP contribution in [0.3, 0.4) is 0 Å². The van der Waals surface area contributed by atoms with Gasteiger partial charge in [0.25, 0.3) is 0 Å². The Balaban J connectivity index is 2.65. The summed E-state index contributed by atoms with van der Waals surface area (Å²) >= 11 is 0. The van der Waals surface area contributed by atoms with Crippen molar-refractivity contribution in [2.24, 2.45) is 5.73 Å². The van der Waals surface area contributed by atoms with Gasteiger partial charge < -0.3 is 5.73 Å². The number of nitrogens with zero attached hydrogens (tertiary/aromatic N) is 1. The molecule has 0 aliphatic rings. The second kappa shape index (κ2) is 3.91. The largest absolute Gasteiger partial charge is 0.320 e. The molecule has 2 N–H and O–H groups in total. The van der Waals surface area contributed by atoms with E-state index in [1.165, 1.54) is 0 Å². The molecule has 0 spiro atoms. The first-order valence-electron chi connectivity index (χ1n) is 4.43. The molecular weight excluding hydrogens is 172 g/mol. The average molecular weight is 182 g/mol. The van der Waals surface area contributed by atoms with E-state index in [-0.39, 0.29) is 0 Å². The summed E-state index contributed by atoms with van der Waals surface area (Å²) in [5.74, 6) is 5.84. The molecule has 0 bridgehead atoms. The molecule has 0 saturated carbocycles. The maximum absolute atomic E-state index is 5.33. The monoisotopic (exact) mass is 182 g/mol. The summed E-state index contributed by atoms with van der Waals surface area (Å²) in [4.78, 5) is 4.12. The highest BCUT2D eigenvalue weighted by atomic mass is 14.6. The van der Waals surface area contributed by atoms with E-state index in [1.54, 1.807) is 6.20 Å². The van der Waals surface area contributed by atoms with Crippen molar-refractivity contribution in [3.05, 3.63) is 42.2 Å². The Labute approximate surface area is 82.8 Å². The Kier molecular flexibility index (Phi) is 2.44. The zero-order valence-corrected chi connectivity index (χ0v) is 7.70. The van der Waals surface area contributed by atoms with Crippen molar-refractivity contribution >= 4 is 10.8 Å². The van der Waals surface area contributed by atoms with Crippen LogP contribution in [0.2, 0.25) is 0 Å². The summed E-state index contributed by atoms with van der Waals surface area (Å²) in [7, 11) is 0. The molecule has 0 aliphatic carbocycles. The van der Waals surface area contributed by atoms with Gasteiger partial charge in [-0.3, -0.25) is 4.98 Å². The maximum atomic E-state index is 5.33. The van der Waals surface area contributed by atoms with Crippen LogP contribution >= 0.6 is 0 Å². The van der Waals surface area contributed by atoms with E-state index in [0.717, 1.165) is 16.3 Å². The minimum Gasteiger partial charge on any atom is -0.320 e. The topological polar surface area (TPSA) is 38.9 Å². The molecule has 0 amide bonds. The van der Waals surface area contributed by atoms with Crippen molar-refractivity contribution in [3.63, 3.8) is 0 Å². The molecule has 0 atom stereocenters. The van der Waals surface area contributed by atoms with Crippen molar-refractivity contribution in [2.45, 2.75) is 0 Å². The standard InChI is InChI=1S/C12H10N2/c13-7-3-5-11-9-14-8-10-4-1-2-6-12(10)11/h1-2,4,6,8-9H,7,13H2. The summed E-state index contributed by atoms with van der Waals surface area (Å²) < 4.78 is 0. The highest BCUT2D eigenvalue weighted by molar-refractivity contribution is 5.87. The van der Waals surface area contributed by atoms with Crippen LogP contribution in [0.15, 0.2) is 36.7 Å². The molecule has 1 heterocycles. The number of hydrogen-bond donors (Lipinski definition) is 1. The fourth-order valence-corrected chi connectivity index (χ4v) is 1.36. The predicted octanol–water partition coefficient (Wildman–Crippen LogP) is 1.54. The van der Waals surface area contributed by atoms with E-state index in [9.17, 15) is 0 Å². The van der Waals surface area contributed by atoms with Crippen LogP contribution in [0.1, 0.15) is 5.56 Å². The van der Waals surface area contributed by atoms with E-state index >= 15 is 0 Å². The van der Waals surface area contributed by atoms with Crippen LogP contribution in [-0.2, 0) is 0 Å². The number of nitrogens with two attached hydrogens (primary N) is 1. The fraction of sp³-hybridized carbons (Fsp3) is 0.0833. The van der Waals surface area contributed by atoms with Gasteiger partial charge in [-0.2, -0.15) is 0 Å². The number of benzene rings is 1. The lowest BCUT2D eigenvalue weighted by Crippen LogP contribution is -1.93. The molecule has 0 radical (unpaired) electrons. The summed E-state index contributed by atoms with van der Waals surface area (Å²) in [5.41, 5.74) is 6.26. The molecular formula is C12H10N2. The Morgan fingerprint density at radius 3 is 2.93 bits per heavy atom. The molecule has 1 aromatic heterocycles. The summed E-state index contributed by atoms with van der Waals surface area (Å²) in [6.45, 7) is 0.378. The third-order valence-electron chi connectivity index (χ3n) is 1.99. The highest BCUT2D eigenvalue weighted by Gasteiger charge is 1.96. The predicted molar refractivity (Wildman–Crippen MR) is 57.7 cm³/mol. The minimum atomic E-state index is 0.378. The molecule has 0 saturated heterocycles. The van der Waals surface area contributed by atoms with Gasteiger partial charge in [-0.05, 0) is 0 Å². The average Bonchev–Trinajstić information content (AvgIpc) is 2.26. The third-order valence-corrected chi connectivity index (χ3v) is 1.99. The highest BCUT2D eigenvalue weighted by Crippen LogP contribution is 2.15. The minimum absolute atomic E-state index is 0.378. The number of pyridine rings is 1. The van der Waals surface area contributed by atoms with Gasteiger partial charge in [0.05, 0.1) is 12.1 Å². The molecule has 68 valence electrons. The van der Waals surface area contributed by atoms with Gasteiger partial charge in [0.2, 0.25) is 0 Å². The summed E-state index contributed by atoms with van der Waals surface area (Å²) in [6.07, 6.45) is 3.61. The Morgan fingerprint density at radius 1 is 1.21 bits per heavy atom. The third kappa shape index (κ3) is 1.59. The number of fused-ring (bicyclic) bond motifs is 1. The first kappa shape index (κ1) is 8.74. The lowest BCUT2D eigenvalue weighted by atomic mass is 10.1. The van der Waals surface area contributed by atoms with Gasteiger partial charge in [0, 0.05) is 23.2 Å². The van der Waals surface area contributed by atoms with Crippen LogP contribution in [0.25, 0.3) is 10.8 Å². The van der Waals surface area contributed by atoms with E-state index in [2.05, 4.69) is 16.8 Å². The zero-order chi connectivity index (χ0) is 9.80. The molecule has 2 nitrogen and oxygen atoms in total. The van der Waals surface area contributed by atoms with Gasteiger partial charge in [0.1, 0.15) is 0 Å². The van der Waals surface area contributed by atoms with Crippen LogP contribution in [0.5, 0.6) is 0 Å². The van der Waals surface area contributed by atoms with E-state index in [4.69, 9.17) is 5.73 Å². The Morgan fingerprint density at radius 2 is 2.07 bits per heavy atom. The van der Waals surface area contributed by atoms with Crippen LogP contribution < -0.4 is 5.73 Å². The first-order chi connectivity index (χ1) is 6.92. The van der Waals surface area contributed by atoms with Crippen LogP contribution in [0, 0.1) is 11.8 Å². The lowest BCUT2D eigenvalue weighted by Gasteiger charge is -1.98. The molecule has 2 aromatic rings. The Hall–Kier alpha value is -1.85. The second-order valence-corrected chi connectivity index (χ2v) is 2.91. The molecule has 0 fully saturated rings.